The van der Waals surface area contributed by atoms with Crippen molar-refractivity contribution in [3.8, 4) is 0 Å². The van der Waals surface area contributed by atoms with E-state index < -0.39 is 11.0 Å². The molecule has 3 atom stereocenters. The summed E-state index contributed by atoms with van der Waals surface area (Å²) in [4.78, 5) is 37.5. The zero-order chi connectivity index (χ0) is 18.0. The predicted octanol–water partition coefficient (Wildman–Crippen LogP) is 1.38. The fraction of sp³-hybridized carbons (Fsp3) is 0.625. The summed E-state index contributed by atoms with van der Waals surface area (Å²) in [6.45, 7) is 4.35. The van der Waals surface area contributed by atoms with Gasteiger partial charge in [-0.25, -0.2) is 0 Å². The van der Waals surface area contributed by atoms with Crippen LogP contribution >= 0.6 is 11.3 Å². The highest BCUT2D eigenvalue weighted by atomic mass is 32.1. The normalized spacial score (nSPS) is 26.4. The van der Waals surface area contributed by atoms with Crippen LogP contribution in [0.1, 0.15) is 35.9 Å². The second-order valence-electron chi connectivity index (χ2n) is 6.64. The van der Waals surface area contributed by atoms with E-state index in [0.717, 1.165) is 37.3 Å². The van der Waals surface area contributed by atoms with E-state index in [2.05, 4.69) is 17.6 Å². The molecule has 2 fully saturated rings. The average molecular weight is 366 g/mol. The van der Waals surface area contributed by atoms with Gasteiger partial charge in [0.1, 0.15) is 6.04 Å². The number of nitro groups is 1. The van der Waals surface area contributed by atoms with Gasteiger partial charge in [-0.1, -0.05) is 18.3 Å². The Labute approximate surface area is 149 Å². The summed E-state index contributed by atoms with van der Waals surface area (Å²) in [7, 11) is 0. The number of carbonyl (C=O) groups is 2. The summed E-state index contributed by atoms with van der Waals surface area (Å²) >= 11 is 0.855. The third-order valence-corrected chi connectivity index (χ3v) is 5.94. The molecule has 0 radical (unpaired) electrons. The molecular formula is C16H22N4O4S. The average Bonchev–Trinajstić information content (AvgIpc) is 3.26. The van der Waals surface area contributed by atoms with E-state index in [1.165, 1.54) is 12.1 Å². The Hall–Kier alpha value is -2.00. The molecule has 0 bridgehead atoms. The van der Waals surface area contributed by atoms with Crippen LogP contribution in [0, 0.1) is 16.0 Å². The monoisotopic (exact) mass is 366 g/mol. The summed E-state index contributed by atoms with van der Waals surface area (Å²) < 4.78 is 0. The summed E-state index contributed by atoms with van der Waals surface area (Å²) in [6.07, 6.45) is 2.27. The van der Waals surface area contributed by atoms with E-state index in [-0.39, 0.29) is 22.9 Å². The molecule has 2 saturated heterocycles. The van der Waals surface area contributed by atoms with E-state index in [9.17, 15) is 19.7 Å². The van der Waals surface area contributed by atoms with Crippen LogP contribution in [0.3, 0.4) is 0 Å². The van der Waals surface area contributed by atoms with E-state index in [0.29, 0.717) is 23.8 Å². The summed E-state index contributed by atoms with van der Waals surface area (Å²) in [5.74, 6) is -0.0621. The topological polar surface area (TPSA) is 105 Å². The Morgan fingerprint density at radius 1 is 1.40 bits per heavy atom. The van der Waals surface area contributed by atoms with Crippen molar-refractivity contribution in [3.05, 3.63) is 27.1 Å². The van der Waals surface area contributed by atoms with Crippen LogP contribution in [0.25, 0.3) is 0 Å². The van der Waals surface area contributed by atoms with Crippen molar-refractivity contribution in [1.82, 2.24) is 15.5 Å². The van der Waals surface area contributed by atoms with Gasteiger partial charge >= 0.3 is 5.00 Å². The molecule has 2 N–H and O–H groups in total. The molecule has 1 aromatic rings. The quantitative estimate of drug-likeness (QED) is 0.619. The molecule has 0 aromatic carbocycles. The van der Waals surface area contributed by atoms with Gasteiger partial charge in [0.2, 0.25) is 5.91 Å². The van der Waals surface area contributed by atoms with E-state index >= 15 is 0 Å². The number of nitrogens with zero attached hydrogens (tertiary/aromatic N) is 2. The van der Waals surface area contributed by atoms with Crippen molar-refractivity contribution in [2.75, 3.05) is 19.6 Å². The third kappa shape index (κ3) is 3.82. The van der Waals surface area contributed by atoms with Crippen molar-refractivity contribution in [2.24, 2.45) is 5.92 Å². The SMILES string of the molecule is CC1CNCCC1NC(=O)C1CCCN1C(=O)c1ccc([N+](=O)[O-])s1. The van der Waals surface area contributed by atoms with E-state index in [1.807, 2.05) is 0 Å². The largest absolute Gasteiger partial charge is 0.351 e. The van der Waals surface area contributed by atoms with Crippen molar-refractivity contribution >= 4 is 28.2 Å². The summed E-state index contributed by atoms with van der Waals surface area (Å²) in [6, 6.07) is 2.43. The van der Waals surface area contributed by atoms with Crippen molar-refractivity contribution in [2.45, 2.75) is 38.3 Å². The second kappa shape index (κ2) is 7.49. The molecule has 1 aromatic heterocycles. The minimum atomic E-state index is -0.506. The number of rotatable bonds is 4. The number of thiophene rings is 1. The van der Waals surface area contributed by atoms with Crippen molar-refractivity contribution in [3.63, 3.8) is 0 Å². The Morgan fingerprint density at radius 2 is 2.20 bits per heavy atom. The van der Waals surface area contributed by atoms with Crippen molar-refractivity contribution in [1.29, 1.82) is 0 Å². The zero-order valence-electron chi connectivity index (χ0n) is 14.1. The lowest BCUT2D eigenvalue weighted by molar-refractivity contribution is -0.380. The maximum absolute atomic E-state index is 12.7. The van der Waals surface area contributed by atoms with Gasteiger partial charge in [0.25, 0.3) is 5.91 Å². The molecule has 2 amide bonds. The van der Waals surface area contributed by atoms with E-state index in [4.69, 9.17) is 0 Å². The van der Waals surface area contributed by atoms with Crippen molar-refractivity contribution < 1.29 is 14.5 Å². The smallest absolute Gasteiger partial charge is 0.324 e. The number of carbonyl (C=O) groups excluding carboxylic acids is 2. The lowest BCUT2D eigenvalue weighted by atomic mass is 9.95. The number of hydrogen-bond acceptors (Lipinski definition) is 6. The summed E-state index contributed by atoms with van der Waals surface area (Å²) in [5.41, 5.74) is 0. The number of likely N-dealkylation sites (tertiary alicyclic amines) is 1. The van der Waals surface area contributed by atoms with Gasteiger partial charge in [0.15, 0.2) is 0 Å². The molecule has 0 aliphatic carbocycles. The van der Waals surface area contributed by atoms with Crippen LogP contribution in [-0.4, -0.2) is 53.4 Å². The Kier molecular flexibility index (Phi) is 5.33. The molecule has 2 aliphatic heterocycles. The number of hydrogen-bond donors (Lipinski definition) is 2. The molecule has 25 heavy (non-hydrogen) atoms. The molecule has 3 heterocycles. The standard InChI is InChI=1S/C16H22N4O4S/c1-10-9-17-7-6-11(10)18-15(21)12-3-2-8-19(12)16(22)13-4-5-14(25-13)20(23)24/h4-5,10-12,17H,2-3,6-9H2,1H3,(H,18,21). The molecule has 3 unspecified atom stereocenters. The number of piperidine rings is 1. The third-order valence-electron chi connectivity index (χ3n) is 4.91. The molecule has 0 saturated carbocycles. The maximum Gasteiger partial charge on any atom is 0.324 e. The van der Waals surface area contributed by atoms with Gasteiger partial charge in [0, 0.05) is 18.7 Å². The molecule has 8 nitrogen and oxygen atoms in total. The first-order valence-electron chi connectivity index (χ1n) is 8.53. The first kappa shape index (κ1) is 17.8. The van der Waals surface area contributed by atoms with Gasteiger partial charge in [-0.3, -0.25) is 19.7 Å². The zero-order valence-corrected chi connectivity index (χ0v) is 14.9. The lowest BCUT2D eigenvalue weighted by Crippen LogP contribution is -2.53. The molecule has 9 heteroatoms. The van der Waals surface area contributed by atoms with Crippen LogP contribution in [0.15, 0.2) is 12.1 Å². The Balaban J connectivity index is 1.67. The molecule has 0 spiro atoms. The van der Waals surface area contributed by atoms with Crippen LogP contribution in [0.5, 0.6) is 0 Å². The minimum Gasteiger partial charge on any atom is -0.351 e. The molecule has 2 aliphatic rings. The fourth-order valence-corrected chi connectivity index (χ4v) is 4.25. The number of amides is 2. The van der Waals surface area contributed by atoms with Gasteiger partial charge in [-0.05, 0) is 44.3 Å². The Morgan fingerprint density at radius 3 is 2.88 bits per heavy atom. The van der Waals surface area contributed by atoms with Crippen LogP contribution in [0.4, 0.5) is 5.00 Å². The Bertz CT molecular complexity index is 677. The highest BCUT2D eigenvalue weighted by Gasteiger charge is 2.37. The number of nitrogens with one attached hydrogen (secondary N) is 2. The second-order valence-corrected chi connectivity index (χ2v) is 7.70. The first-order valence-corrected chi connectivity index (χ1v) is 9.35. The highest BCUT2D eigenvalue weighted by Crippen LogP contribution is 2.28. The maximum atomic E-state index is 12.7. The fourth-order valence-electron chi connectivity index (χ4n) is 3.47. The van der Waals surface area contributed by atoms with Crippen LogP contribution in [0.2, 0.25) is 0 Å². The van der Waals surface area contributed by atoms with Gasteiger partial charge < -0.3 is 15.5 Å². The summed E-state index contributed by atoms with van der Waals surface area (Å²) in [5, 5.41) is 17.1. The lowest BCUT2D eigenvalue weighted by Gasteiger charge is -2.32. The predicted molar refractivity (Wildman–Crippen MR) is 93.6 cm³/mol. The first-order chi connectivity index (χ1) is 12.0. The van der Waals surface area contributed by atoms with Crippen LogP contribution < -0.4 is 10.6 Å². The van der Waals surface area contributed by atoms with Gasteiger partial charge in [0.05, 0.1) is 9.80 Å². The van der Waals surface area contributed by atoms with Crippen LogP contribution in [-0.2, 0) is 4.79 Å². The van der Waals surface area contributed by atoms with Gasteiger partial charge in [-0.2, -0.15) is 0 Å². The van der Waals surface area contributed by atoms with E-state index in [1.54, 1.807) is 4.90 Å². The minimum absolute atomic E-state index is 0.0629. The molecular weight excluding hydrogens is 344 g/mol. The highest BCUT2D eigenvalue weighted by molar-refractivity contribution is 7.17. The molecule has 3 rings (SSSR count). The molecule has 136 valence electrons. The van der Waals surface area contributed by atoms with Gasteiger partial charge in [-0.15, -0.1) is 0 Å².